The molecule has 28 heavy (non-hydrogen) atoms. The van der Waals surface area contributed by atoms with Gasteiger partial charge in [0.2, 0.25) is 0 Å². The highest BCUT2D eigenvalue weighted by molar-refractivity contribution is 5.75. The fourth-order valence-electron chi connectivity index (χ4n) is 3.22. The maximum Gasteiger partial charge on any atom is 0.407 e. The Morgan fingerprint density at radius 1 is 1.21 bits per heavy atom. The molecule has 1 amide bonds. The molecule has 1 heterocycles. The molecule has 1 N–H and O–H groups in total. The Kier molecular flexibility index (Phi) is 8.10. The van der Waals surface area contributed by atoms with Gasteiger partial charge in [-0.3, -0.25) is 9.69 Å². The van der Waals surface area contributed by atoms with E-state index in [0.717, 1.165) is 5.56 Å². The van der Waals surface area contributed by atoms with Crippen LogP contribution in [-0.2, 0) is 20.9 Å². The molecule has 156 valence electrons. The van der Waals surface area contributed by atoms with E-state index in [1.54, 1.807) is 31.2 Å². The van der Waals surface area contributed by atoms with Gasteiger partial charge in [-0.2, -0.15) is 13.2 Å². The van der Waals surface area contributed by atoms with Gasteiger partial charge in [0.1, 0.15) is 6.61 Å². The summed E-state index contributed by atoms with van der Waals surface area (Å²) in [5.41, 5.74) is 0.777. The van der Waals surface area contributed by atoms with E-state index in [-0.39, 0.29) is 26.3 Å². The van der Waals surface area contributed by atoms with Crippen molar-refractivity contribution in [1.82, 2.24) is 10.2 Å². The van der Waals surface area contributed by atoms with Crippen molar-refractivity contribution in [2.24, 2.45) is 5.92 Å². The maximum atomic E-state index is 12.8. The summed E-state index contributed by atoms with van der Waals surface area (Å²) in [6.45, 7) is 0.819. The number of halogens is 3. The van der Waals surface area contributed by atoms with Gasteiger partial charge in [-0.05, 0) is 31.9 Å². The van der Waals surface area contributed by atoms with Crippen molar-refractivity contribution >= 4 is 12.1 Å². The van der Waals surface area contributed by atoms with Crippen LogP contribution in [0.5, 0.6) is 0 Å². The molecule has 0 spiro atoms. The van der Waals surface area contributed by atoms with Crippen LogP contribution in [0.25, 0.3) is 0 Å². The number of alkyl carbamates (subject to hydrolysis) is 1. The summed E-state index contributed by atoms with van der Waals surface area (Å²) in [5, 5.41) is 2.56. The number of nitrogens with zero attached hydrogens (tertiary/aromatic N) is 1. The second kappa shape index (κ2) is 10.3. The fourth-order valence-corrected chi connectivity index (χ4v) is 3.22. The van der Waals surface area contributed by atoms with Crippen LogP contribution < -0.4 is 5.32 Å². The van der Waals surface area contributed by atoms with Crippen molar-refractivity contribution in [2.75, 3.05) is 26.2 Å². The van der Waals surface area contributed by atoms with Gasteiger partial charge in [0, 0.05) is 6.54 Å². The molecular formula is C19H25F3N2O4. The van der Waals surface area contributed by atoms with Gasteiger partial charge >= 0.3 is 18.2 Å². The summed E-state index contributed by atoms with van der Waals surface area (Å²) in [6, 6.07) is 8.17. The number of hydrogen-bond acceptors (Lipinski definition) is 5. The average molecular weight is 402 g/mol. The van der Waals surface area contributed by atoms with E-state index in [1.807, 2.05) is 6.07 Å². The number of amides is 1. The third kappa shape index (κ3) is 7.38. The average Bonchev–Trinajstić information content (AvgIpc) is 2.81. The summed E-state index contributed by atoms with van der Waals surface area (Å²) < 4.78 is 48.6. The maximum absolute atomic E-state index is 12.8. The highest BCUT2D eigenvalue weighted by atomic mass is 19.4. The van der Waals surface area contributed by atoms with Crippen LogP contribution in [0.4, 0.5) is 18.0 Å². The van der Waals surface area contributed by atoms with Crippen molar-refractivity contribution < 1.29 is 32.2 Å². The van der Waals surface area contributed by atoms with Gasteiger partial charge in [0.25, 0.3) is 0 Å². The van der Waals surface area contributed by atoms with Gasteiger partial charge in [-0.1, -0.05) is 30.3 Å². The molecule has 9 heteroatoms. The van der Waals surface area contributed by atoms with E-state index in [1.165, 1.54) is 4.90 Å². The van der Waals surface area contributed by atoms with Crippen molar-refractivity contribution in [1.29, 1.82) is 0 Å². The summed E-state index contributed by atoms with van der Waals surface area (Å²) >= 11 is 0. The SMILES string of the molecule is CCOC(=O)[C@@H]1CCCN(CC(F)(F)F)C[C@H]1NC(=O)OCc1ccccc1. The lowest BCUT2D eigenvalue weighted by Crippen LogP contribution is -2.50. The summed E-state index contributed by atoms with van der Waals surface area (Å²) in [6.07, 6.45) is -4.41. The fraction of sp³-hybridized carbons (Fsp3) is 0.579. The monoisotopic (exact) mass is 402 g/mol. The molecule has 1 aliphatic rings. The zero-order valence-corrected chi connectivity index (χ0v) is 15.7. The molecule has 0 bridgehead atoms. The van der Waals surface area contributed by atoms with Crippen LogP contribution in [0.15, 0.2) is 30.3 Å². The molecule has 1 aromatic carbocycles. The third-order valence-electron chi connectivity index (χ3n) is 4.44. The van der Waals surface area contributed by atoms with Crippen LogP contribution in [0, 0.1) is 5.92 Å². The van der Waals surface area contributed by atoms with E-state index in [4.69, 9.17) is 9.47 Å². The van der Waals surface area contributed by atoms with Crippen molar-refractivity contribution in [2.45, 2.75) is 38.6 Å². The molecule has 1 fully saturated rings. The molecule has 0 radical (unpaired) electrons. The number of alkyl halides is 3. The Bertz CT molecular complexity index is 640. The molecule has 0 aliphatic carbocycles. The molecule has 0 saturated carbocycles. The Morgan fingerprint density at radius 2 is 1.93 bits per heavy atom. The Hall–Kier alpha value is -2.29. The molecule has 2 rings (SSSR count). The van der Waals surface area contributed by atoms with Crippen molar-refractivity contribution in [3.8, 4) is 0 Å². The first-order valence-corrected chi connectivity index (χ1v) is 9.21. The second-order valence-electron chi connectivity index (χ2n) is 6.66. The Labute approximate surface area is 162 Å². The lowest BCUT2D eigenvalue weighted by molar-refractivity contribution is -0.150. The molecule has 1 aromatic rings. The van der Waals surface area contributed by atoms with Crippen LogP contribution in [0.2, 0.25) is 0 Å². The van der Waals surface area contributed by atoms with Gasteiger partial charge in [-0.25, -0.2) is 4.79 Å². The van der Waals surface area contributed by atoms with Crippen molar-refractivity contribution in [3.05, 3.63) is 35.9 Å². The number of ether oxygens (including phenoxy) is 2. The number of rotatable bonds is 6. The molecule has 0 unspecified atom stereocenters. The molecule has 6 nitrogen and oxygen atoms in total. The standard InChI is InChI=1S/C19H25F3N2O4/c1-2-27-17(25)15-9-6-10-24(13-19(20,21)22)11-16(15)23-18(26)28-12-14-7-4-3-5-8-14/h3-5,7-8,15-16H,2,6,9-13H2,1H3,(H,23,26)/t15-,16-/m1/s1. The molecule has 0 aromatic heterocycles. The van der Waals surface area contributed by atoms with E-state index in [0.29, 0.717) is 12.8 Å². The lowest BCUT2D eigenvalue weighted by Gasteiger charge is -2.28. The van der Waals surface area contributed by atoms with Crippen molar-refractivity contribution in [3.63, 3.8) is 0 Å². The molecule has 2 atom stereocenters. The zero-order chi connectivity index (χ0) is 20.6. The summed E-state index contributed by atoms with van der Waals surface area (Å²) in [4.78, 5) is 25.6. The molecular weight excluding hydrogens is 377 g/mol. The minimum absolute atomic E-state index is 0.0235. The van der Waals surface area contributed by atoms with Gasteiger partial charge in [-0.15, -0.1) is 0 Å². The Balaban J connectivity index is 2.03. The predicted molar refractivity (Wildman–Crippen MR) is 95.4 cm³/mol. The minimum Gasteiger partial charge on any atom is -0.466 e. The molecule has 1 aliphatic heterocycles. The van der Waals surface area contributed by atoms with Gasteiger partial charge in [0.15, 0.2) is 0 Å². The normalized spacial score (nSPS) is 20.9. The van der Waals surface area contributed by atoms with Crippen LogP contribution in [0.1, 0.15) is 25.3 Å². The minimum atomic E-state index is -4.36. The Morgan fingerprint density at radius 3 is 2.57 bits per heavy atom. The smallest absolute Gasteiger partial charge is 0.407 e. The predicted octanol–water partition coefficient (Wildman–Crippen LogP) is 3.12. The number of hydrogen-bond donors (Lipinski definition) is 1. The van der Waals surface area contributed by atoms with Crippen LogP contribution in [-0.4, -0.2) is 55.4 Å². The first-order valence-electron chi connectivity index (χ1n) is 9.21. The van der Waals surface area contributed by atoms with E-state index in [2.05, 4.69) is 5.32 Å². The first-order chi connectivity index (χ1) is 13.3. The number of carbonyl (C=O) groups excluding carboxylic acids is 2. The number of benzene rings is 1. The van der Waals surface area contributed by atoms with E-state index >= 15 is 0 Å². The quantitative estimate of drug-likeness (QED) is 0.741. The second-order valence-corrected chi connectivity index (χ2v) is 6.66. The van der Waals surface area contributed by atoms with E-state index in [9.17, 15) is 22.8 Å². The number of nitrogens with one attached hydrogen (secondary N) is 1. The summed E-state index contributed by atoms with van der Waals surface area (Å²) in [5.74, 6) is -1.24. The van der Waals surface area contributed by atoms with Crippen LogP contribution >= 0.6 is 0 Å². The van der Waals surface area contributed by atoms with Crippen LogP contribution in [0.3, 0.4) is 0 Å². The largest absolute Gasteiger partial charge is 0.466 e. The highest BCUT2D eigenvalue weighted by Gasteiger charge is 2.38. The summed E-state index contributed by atoms with van der Waals surface area (Å²) in [7, 11) is 0. The lowest BCUT2D eigenvalue weighted by atomic mass is 9.96. The zero-order valence-electron chi connectivity index (χ0n) is 15.7. The van der Waals surface area contributed by atoms with Gasteiger partial charge in [0.05, 0.1) is 25.1 Å². The van der Waals surface area contributed by atoms with Gasteiger partial charge < -0.3 is 14.8 Å². The first kappa shape index (κ1) is 22.0. The molecule has 1 saturated heterocycles. The number of carbonyl (C=O) groups is 2. The third-order valence-corrected chi connectivity index (χ3v) is 4.44. The highest BCUT2D eigenvalue weighted by Crippen LogP contribution is 2.23. The topological polar surface area (TPSA) is 67.9 Å². The van der Waals surface area contributed by atoms with E-state index < -0.39 is 36.7 Å². The number of esters is 1. The number of likely N-dealkylation sites (tertiary alicyclic amines) is 1.